The van der Waals surface area contributed by atoms with Crippen LogP contribution >= 0.6 is 0 Å². The third kappa shape index (κ3) is 4.96. The predicted octanol–water partition coefficient (Wildman–Crippen LogP) is 4.55. The number of carbonyl (C=O) groups excluding carboxylic acids is 2. The van der Waals surface area contributed by atoms with Gasteiger partial charge in [0.2, 0.25) is 5.88 Å². The van der Waals surface area contributed by atoms with E-state index in [-0.39, 0.29) is 12.5 Å². The van der Waals surface area contributed by atoms with Gasteiger partial charge in [-0.05, 0) is 41.5 Å². The Hall–Kier alpha value is -4.34. The number of aromatic amines is 1. The fraction of sp³-hybridized carbons (Fsp3) is 0.160. The van der Waals surface area contributed by atoms with Crippen molar-refractivity contribution in [2.24, 2.45) is 0 Å². The molecule has 2 amide bonds. The van der Waals surface area contributed by atoms with E-state index in [2.05, 4.69) is 20.6 Å². The Kier molecular flexibility index (Phi) is 6.46. The first-order chi connectivity index (χ1) is 16.7. The molecule has 0 aliphatic rings. The normalized spacial score (nSPS) is 11.3. The quantitative estimate of drug-likeness (QED) is 0.376. The number of nitrogens with zero attached hydrogens (tertiary/aromatic N) is 1. The zero-order valence-electron chi connectivity index (χ0n) is 18.8. The van der Waals surface area contributed by atoms with Crippen LogP contribution in [0.25, 0.3) is 22.0 Å². The molecule has 2 heterocycles. The topological polar surface area (TPSA) is 96.1 Å². The summed E-state index contributed by atoms with van der Waals surface area (Å²) < 4.78 is 44.0. The van der Waals surface area contributed by atoms with Crippen LogP contribution in [0.1, 0.15) is 32.0 Å². The summed E-state index contributed by atoms with van der Waals surface area (Å²) in [5.41, 5.74) is 2.31. The van der Waals surface area contributed by atoms with Crippen molar-refractivity contribution in [3.8, 4) is 17.0 Å². The summed E-state index contributed by atoms with van der Waals surface area (Å²) in [7, 11) is 3.01. The van der Waals surface area contributed by atoms with Gasteiger partial charge < -0.3 is 20.4 Å². The van der Waals surface area contributed by atoms with Gasteiger partial charge >= 0.3 is 6.18 Å². The number of pyridine rings is 1. The van der Waals surface area contributed by atoms with Gasteiger partial charge in [0.05, 0.1) is 12.7 Å². The lowest BCUT2D eigenvalue weighted by atomic mass is 10.0. The van der Waals surface area contributed by atoms with E-state index >= 15 is 0 Å². The maximum Gasteiger partial charge on any atom is 0.416 e. The second kappa shape index (κ2) is 9.49. The average Bonchev–Trinajstić information content (AvgIpc) is 3.31. The van der Waals surface area contributed by atoms with E-state index in [9.17, 15) is 22.8 Å². The van der Waals surface area contributed by atoms with Gasteiger partial charge in [-0.15, -0.1) is 0 Å². The molecule has 0 radical (unpaired) electrons. The zero-order valence-corrected chi connectivity index (χ0v) is 18.8. The number of carbonyl (C=O) groups is 2. The minimum atomic E-state index is -4.45. The van der Waals surface area contributed by atoms with Crippen molar-refractivity contribution in [3.05, 3.63) is 83.2 Å². The molecule has 0 bridgehead atoms. The Labute approximate surface area is 198 Å². The summed E-state index contributed by atoms with van der Waals surface area (Å²) in [6.07, 6.45) is -2.83. The first-order valence-electron chi connectivity index (χ1n) is 10.5. The van der Waals surface area contributed by atoms with Crippen molar-refractivity contribution in [3.63, 3.8) is 0 Å². The Morgan fingerprint density at radius 2 is 1.80 bits per heavy atom. The van der Waals surface area contributed by atoms with Gasteiger partial charge in [-0.25, -0.2) is 4.98 Å². The molecule has 180 valence electrons. The second-order valence-corrected chi connectivity index (χ2v) is 7.69. The summed E-state index contributed by atoms with van der Waals surface area (Å²) in [6.45, 7) is -0.0425. The standard InChI is InChI=1S/C25H21F3N4O3/c1-29-23(34)20-11-18-19(13-31-24(35-2)21(18)32-20)15-6-8-16(9-7-15)22(33)30-12-14-4-3-5-17(10-14)25(26,27)28/h3-11,13,32H,12H2,1-2H3,(H,29,34)(H,30,33). The summed E-state index contributed by atoms with van der Waals surface area (Å²) in [4.78, 5) is 31.9. The second-order valence-electron chi connectivity index (χ2n) is 7.69. The molecule has 7 nitrogen and oxygen atoms in total. The Morgan fingerprint density at radius 1 is 1.06 bits per heavy atom. The molecule has 4 aromatic rings. The minimum Gasteiger partial charge on any atom is -0.479 e. The Morgan fingerprint density at radius 3 is 2.46 bits per heavy atom. The largest absolute Gasteiger partial charge is 0.479 e. The highest BCUT2D eigenvalue weighted by atomic mass is 19.4. The number of hydrogen-bond donors (Lipinski definition) is 3. The molecule has 0 aliphatic carbocycles. The number of methoxy groups -OCH3 is 1. The van der Waals surface area contributed by atoms with Crippen LogP contribution in [0.3, 0.4) is 0 Å². The van der Waals surface area contributed by atoms with Gasteiger partial charge in [-0.3, -0.25) is 9.59 Å². The number of H-pyrrole nitrogens is 1. The van der Waals surface area contributed by atoms with Crippen LogP contribution in [-0.4, -0.2) is 35.9 Å². The molecule has 0 spiro atoms. The monoisotopic (exact) mass is 482 g/mol. The van der Waals surface area contributed by atoms with Crippen LogP contribution < -0.4 is 15.4 Å². The molecule has 3 N–H and O–H groups in total. The van der Waals surface area contributed by atoms with E-state index in [0.29, 0.717) is 28.2 Å². The van der Waals surface area contributed by atoms with Crippen LogP contribution in [-0.2, 0) is 12.7 Å². The van der Waals surface area contributed by atoms with Gasteiger partial charge in [-0.1, -0.05) is 24.3 Å². The van der Waals surface area contributed by atoms with Crippen LogP contribution in [0.5, 0.6) is 5.88 Å². The Bertz CT molecular complexity index is 1400. The smallest absolute Gasteiger partial charge is 0.416 e. The molecule has 0 saturated carbocycles. The molecular formula is C25H21F3N4O3. The lowest BCUT2D eigenvalue weighted by molar-refractivity contribution is -0.137. The molecule has 2 aromatic heterocycles. The third-order valence-corrected chi connectivity index (χ3v) is 5.46. The summed E-state index contributed by atoms with van der Waals surface area (Å²) >= 11 is 0. The van der Waals surface area contributed by atoms with Crippen LogP contribution in [0.4, 0.5) is 13.2 Å². The summed E-state index contributed by atoms with van der Waals surface area (Å²) in [6, 6.07) is 13.2. The minimum absolute atomic E-state index is 0.0425. The van der Waals surface area contributed by atoms with Crippen molar-refractivity contribution in [2.45, 2.75) is 12.7 Å². The number of amides is 2. The van der Waals surface area contributed by atoms with Crippen LogP contribution in [0.2, 0.25) is 0 Å². The first-order valence-corrected chi connectivity index (χ1v) is 10.5. The van der Waals surface area contributed by atoms with Crippen molar-refractivity contribution < 1.29 is 27.5 Å². The van der Waals surface area contributed by atoms with E-state index in [4.69, 9.17) is 4.74 Å². The first kappa shape index (κ1) is 23.8. The summed E-state index contributed by atoms with van der Waals surface area (Å²) in [5.74, 6) is -0.373. The number of aromatic nitrogens is 2. The van der Waals surface area contributed by atoms with Crippen molar-refractivity contribution in [2.75, 3.05) is 14.2 Å². The fourth-order valence-corrected chi connectivity index (χ4v) is 3.68. The molecule has 35 heavy (non-hydrogen) atoms. The lowest BCUT2D eigenvalue weighted by Crippen LogP contribution is -2.23. The highest BCUT2D eigenvalue weighted by Gasteiger charge is 2.30. The maximum atomic E-state index is 12.9. The molecule has 0 aliphatic heterocycles. The van der Waals surface area contributed by atoms with Gasteiger partial charge in [0.1, 0.15) is 11.2 Å². The SMILES string of the molecule is CNC(=O)c1cc2c(-c3ccc(C(=O)NCc4cccc(C(F)(F)F)c4)cc3)cnc(OC)c2[nH]1. The van der Waals surface area contributed by atoms with E-state index in [1.807, 2.05) is 0 Å². The number of ether oxygens (including phenoxy) is 1. The number of nitrogens with one attached hydrogen (secondary N) is 3. The van der Waals surface area contributed by atoms with Crippen molar-refractivity contribution in [1.29, 1.82) is 0 Å². The van der Waals surface area contributed by atoms with Crippen LogP contribution in [0, 0.1) is 0 Å². The van der Waals surface area contributed by atoms with E-state index in [1.54, 1.807) is 36.5 Å². The molecule has 0 saturated heterocycles. The Balaban J connectivity index is 1.55. The molecule has 4 rings (SSSR count). The number of rotatable bonds is 6. The van der Waals surface area contributed by atoms with Gasteiger partial charge in [-0.2, -0.15) is 13.2 Å². The molecule has 0 atom stereocenters. The van der Waals surface area contributed by atoms with Crippen LogP contribution in [0.15, 0.2) is 60.8 Å². The number of halogens is 3. The third-order valence-electron chi connectivity index (χ3n) is 5.46. The lowest BCUT2D eigenvalue weighted by Gasteiger charge is -2.10. The number of alkyl halides is 3. The average molecular weight is 482 g/mol. The van der Waals surface area contributed by atoms with E-state index < -0.39 is 17.6 Å². The molecular weight excluding hydrogens is 461 g/mol. The zero-order chi connectivity index (χ0) is 25.2. The van der Waals surface area contributed by atoms with E-state index in [1.165, 1.54) is 26.3 Å². The summed E-state index contributed by atoms with van der Waals surface area (Å²) in [5, 5.41) is 5.92. The number of benzene rings is 2. The van der Waals surface area contributed by atoms with Gasteiger partial charge in [0.15, 0.2) is 0 Å². The fourth-order valence-electron chi connectivity index (χ4n) is 3.68. The van der Waals surface area contributed by atoms with E-state index in [0.717, 1.165) is 28.6 Å². The molecule has 0 fully saturated rings. The van der Waals surface area contributed by atoms with Crippen molar-refractivity contribution >= 4 is 22.7 Å². The molecule has 2 aromatic carbocycles. The number of fused-ring (bicyclic) bond motifs is 1. The predicted molar refractivity (Wildman–Crippen MR) is 124 cm³/mol. The van der Waals surface area contributed by atoms with Gasteiger partial charge in [0.25, 0.3) is 11.8 Å². The molecule has 0 unspecified atom stereocenters. The maximum absolute atomic E-state index is 12.9. The number of hydrogen-bond acceptors (Lipinski definition) is 4. The highest BCUT2D eigenvalue weighted by molar-refractivity contribution is 6.04. The highest BCUT2D eigenvalue weighted by Crippen LogP contribution is 2.33. The molecule has 10 heteroatoms. The van der Waals surface area contributed by atoms with Gasteiger partial charge in [0, 0.05) is 36.3 Å². The van der Waals surface area contributed by atoms with Crippen molar-refractivity contribution in [1.82, 2.24) is 20.6 Å².